The van der Waals surface area contributed by atoms with Gasteiger partial charge < -0.3 is 10.1 Å². The highest BCUT2D eigenvalue weighted by Crippen LogP contribution is 2.15. The van der Waals surface area contributed by atoms with Crippen LogP contribution in [0.15, 0.2) is 24.3 Å². The van der Waals surface area contributed by atoms with Crippen molar-refractivity contribution in [3.8, 4) is 0 Å². The van der Waals surface area contributed by atoms with Crippen LogP contribution in [0.4, 0.5) is 10.5 Å². The molecule has 18 heavy (non-hydrogen) atoms. The molecule has 0 aliphatic carbocycles. The van der Waals surface area contributed by atoms with E-state index in [1.807, 2.05) is 12.1 Å². The summed E-state index contributed by atoms with van der Waals surface area (Å²) in [6.07, 6.45) is 4.48. The molecule has 4 nitrogen and oxygen atoms in total. The Bertz CT molecular complexity index is 383. The first-order valence-corrected chi connectivity index (χ1v) is 6.45. The van der Waals surface area contributed by atoms with Crippen molar-refractivity contribution in [1.82, 2.24) is 5.32 Å². The van der Waals surface area contributed by atoms with Crippen LogP contribution in [0.5, 0.6) is 0 Å². The molecular formula is C14H20N2O2. The van der Waals surface area contributed by atoms with E-state index in [0.29, 0.717) is 6.04 Å². The third-order valence-electron chi connectivity index (χ3n) is 3.28. The molecule has 0 bridgehead atoms. The molecule has 1 amide bonds. The Morgan fingerprint density at radius 3 is 2.78 bits per heavy atom. The summed E-state index contributed by atoms with van der Waals surface area (Å²) in [6, 6.07) is 8.53. The maximum absolute atomic E-state index is 11.0. The van der Waals surface area contributed by atoms with Gasteiger partial charge in [-0.1, -0.05) is 18.6 Å². The molecule has 98 valence electrons. The summed E-state index contributed by atoms with van der Waals surface area (Å²) in [5.74, 6) is 0. The lowest BCUT2D eigenvalue weighted by Crippen LogP contribution is -2.35. The molecule has 1 atom stereocenters. The van der Waals surface area contributed by atoms with Gasteiger partial charge in [-0.3, -0.25) is 5.32 Å². The first-order valence-electron chi connectivity index (χ1n) is 6.45. The van der Waals surface area contributed by atoms with Crippen LogP contribution in [0.2, 0.25) is 0 Å². The number of carbonyl (C=O) groups excluding carboxylic acids is 1. The number of hydrogen-bond acceptors (Lipinski definition) is 3. The second-order valence-electron chi connectivity index (χ2n) is 4.66. The first-order chi connectivity index (χ1) is 8.78. The van der Waals surface area contributed by atoms with Crippen LogP contribution >= 0.6 is 0 Å². The number of rotatable bonds is 3. The third kappa shape index (κ3) is 3.74. The molecule has 2 N–H and O–H groups in total. The van der Waals surface area contributed by atoms with Gasteiger partial charge in [-0.2, -0.15) is 0 Å². The fraction of sp³-hybridized carbons (Fsp3) is 0.500. The lowest BCUT2D eigenvalue weighted by atomic mass is 9.98. The molecule has 1 aromatic rings. The van der Waals surface area contributed by atoms with E-state index in [2.05, 4.69) is 27.5 Å². The normalized spacial score (nSPS) is 19.3. The lowest BCUT2D eigenvalue weighted by Gasteiger charge is -2.23. The fourth-order valence-corrected chi connectivity index (χ4v) is 2.28. The largest absolute Gasteiger partial charge is 0.453 e. The molecule has 0 radical (unpaired) electrons. The number of ether oxygens (including phenoxy) is 1. The second kappa shape index (κ2) is 6.40. The van der Waals surface area contributed by atoms with Gasteiger partial charge >= 0.3 is 6.09 Å². The lowest BCUT2D eigenvalue weighted by molar-refractivity contribution is 0.187. The zero-order chi connectivity index (χ0) is 12.8. The Labute approximate surface area is 108 Å². The van der Waals surface area contributed by atoms with Crippen molar-refractivity contribution >= 4 is 11.8 Å². The Hall–Kier alpha value is -1.55. The molecule has 1 fully saturated rings. The topological polar surface area (TPSA) is 50.4 Å². The minimum atomic E-state index is -0.434. The van der Waals surface area contributed by atoms with Crippen molar-refractivity contribution < 1.29 is 9.53 Å². The Kier molecular flexibility index (Phi) is 4.59. The van der Waals surface area contributed by atoms with Crippen LogP contribution in [0.1, 0.15) is 24.8 Å². The summed E-state index contributed by atoms with van der Waals surface area (Å²) in [5, 5.41) is 6.18. The van der Waals surface area contributed by atoms with Crippen LogP contribution in [0.25, 0.3) is 0 Å². The molecule has 1 aromatic carbocycles. The van der Waals surface area contributed by atoms with E-state index >= 15 is 0 Å². The van der Waals surface area contributed by atoms with Crippen LogP contribution in [-0.4, -0.2) is 25.8 Å². The molecule has 1 saturated heterocycles. The average molecular weight is 248 g/mol. The van der Waals surface area contributed by atoms with Gasteiger partial charge in [-0.15, -0.1) is 0 Å². The van der Waals surface area contributed by atoms with Gasteiger partial charge in [-0.05, 0) is 43.5 Å². The highest BCUT2D eigenvalue weighted by molar-refractivity contribution is 5.84. The van der Waals surface area contributed by atoms with Crippen LogP contribution in [0, 0.1) is 0 Å². The molecule has 1 heterocycles. The molecule has 0 saturated carbocycles. The van der Waals surface area contributed by atoms with Crippen molar-refractivity contribution in [3.05, 3.63) is 29.8 Å². The molecule has 4 heteroatoms. The van der Waals surface area contributed by atoms with Gasteiger partial charge in [-0.25, -0.2) is 4.79 Å². The average Bonchev–Trinajstić information content (AvgIpc) is 2.42. The Morgan fingerprint density at radius 2 is 2.17 bits per heavy atom. The molecule has 1 aliphatic heterocycles. The van der Waals surface area contributed by atoms with Gasteiger partial charge in [0.15, 0.2) is 0 Å². The van der Waals surface area contributed by atoms with Crippen molar-refractivity contribution in [2.75, 3.05) is 19.0 Å². The number of methoxy groups -OCH3 is 1. The summed E-state index contributed by atoms with van der Waals surface area (Å²) < 4.78 is 4.55. The minimum absolute atomic E-state index is 0.434. The van der Waals surface area contributed by atoms with Gasteiger partial charge in [0, 0.05) is 11.7 Å². The Morgan fingerprint density at radius 1 is 1.39 bits per heavy atom. The van der Waals surface area contributed by atoms with Gasteiger partial charge in [0.25, 0.3) is 0 Å². The number of nitrogens with one attached hydrogen (secondary N) is 2. The van der Waals surface area contributed by atoms with Crippen LogP contribution < -0.4 is 10.6 Å². The predicted octanol–water partition coefficient (Wildman–Crippen LogP) is 2.55. The van der Waals surface area contributed by atoms with E-state index < -0.39 is 6.09 Å². The molecule has 0 aromatic heterocycles. The number of amides is 1. The maximum Gasteiger partial charge on any atom is 0.411 e. The summed E-state index contributed by atoms with van der Waals surface area (Å²) in [7, 11) is 1.36. The number of benzene rings is 1. The van der Waals surface area contributed by atoms with Gasteiger partial charge in [0.2, 0.25) is 0 Å². The number of hydrogen-bond donors (Lipinski definition) is 2. The predicted molar refractivity (Wildman–Crippen MR) is 71.8 cm³/mol. The highest BCUT2D eigenvalue weighted by atomic mass is 16.5. The van der Waals surface area contributed by atoms with E-state index in [-0.39, 0.29) is 0 Å². The van der Waals surface area contributed by atoms with E-state index in [1.165, 1.54) is 31.9 Å². The minimum Gasteiger partial charge on any atom is -0.453 e. The summed E-state index contributed by atoms with van der Waals surface area (Å²) in [4.78, 5) is 11.0. The van der Waals surface area contributed by atoms with Crippen molar-refractivity contribution in [1.29, 1.82) is 0 Å². The van der Waals surface area contributed by atoms with Crippen molar-refractivity contribution in [2.45, 2.75) is 31.7 Å². The van der Waals surface area contributed by atoms with Crippen molar-refractivity contribution in [3.63, 3.8) is 0 Å². The molecular weight excluding hydrogens is 228 g/mol. The highest BCUT2D eigenvalue weighted by Gasteiger charge is 2.12. The second-order valence-corrected chi connectivity index (χ2v) is 4.66. The molecule has 1 aliphatic rings. The molecule has 1 unspecified atom stereocenters. The standard InChI is InChI=1S/C14H20N2O2/c1-18-14(17)16-12-7-5-11(6-8-12)10-13-4-2-3-9-15-13/h5-8,13,15H,2-4,9-10H2,1H3,(H,16,17). The zero-order valence-electron chi connectivity index (χ0n) is 10.7. The van der Waals surface area contributed by atoms with E-state index in [0.717, 1.165) is 18.7 Å². The van der Waals surface area contributed by atoms with Gasteiger partial charge in [0.05, 0.1) is 7.11 Å². The molecule has 0 spiro atoms. The third-order valence-corrected chi connectivity index (χ3v) is 3.28. The van der Waals surface area contributed by atoms with Gasteiger partial charge in [0.1, 0.15) is 0 Å². The number of carbonyl (C=O) groups is 1. The van der Waals surface area contributed by atoms with E-state index in [1.54, 1.807) is 0 Å². The van der Waals surface area contributed by atoms with Crippen molar-refractivity contribution in [2.24, 2.45) is 0 Å². The quantitative estimate of drug-likeness (QED) is 0.864. The van der Waals surface area contributed by atoms with Crippen LogP contribution in [-0.2, 0) is 11.2 Å². The fourth-order valence-electron chi connectivity index (χ4n) is 2.28. The SMILES string of the molecule is COC(=O)Nc1ccc(CC2CCCCN2)cc1. The monoisotopic (exact) mass is 248 g/mol. The summed E-state index contributed by atoms with van der Waals surface area (Å²) >= 11 is 0. The summed E-state index contributed by atoms with van der Waals surface area (Å²) in [5.41, 5.74) is 2.06. The van der Waals surface area contributed by atoms with E-state index in [9.17, 15) is 4.79 Å². The zero-order valence-corrected chi connectivity index (χ0v) is 10.7. The number of piperidine rings is 1. The first kappa shape index (κ1) is 12.9. The molecule has 2 rings (SSSR count). The summed E-state index contributed by atoms with van der Waals surface area (Å²) in [6.45, 7) is 1.13. The maximum atomic E-state index is 11.0. The smallest absolute Gasteiger partial charge is 0.411 e. The van der Waals surface area contributed by atoms with Crippen LogP contribution in [0.3, 0.4) is 0 Å². The Balaban J connectivity index is 1.88. The van der Waals surface area contributed by atoms with E-state index in [4.69, 9.17) is 0 Å². The number of anilines is 1.